The number of aliphatic hydroxyl groups is 1. The third-order valence-electron chi connectivity index (χ3n) is 13.0. The average Bonchev–Trinajstić information content (AvgIpc) is 3.25. The van der Waals surface area contributed by atoms with Crippen molar-refractivity contribution >= 4 is 13.7 Å². The van der Waals surface area contributed by atoms with Crippen molar-refractivity contribution in [3.63, 3.8) is 0 Å². The monoisotopic (exact) mass is 927 g/mol. The topological polar surface area (TPSA) is 108 Å². The van der Waals surface area contributed by atoms with Crippen LogP contribution in [0.1, 0.15) is 284 Å². The molecule has 0 saturated carbocycles. The van der Waals surface area contributed by atoms with Gasteiger partial charge >= 0.3 is 0 Å². The molecule has 0 spiro atoms. The Labute approximate surface area is 399 Å². The average molecular weight is 927 g/mol. The van der Waals surface area contributed by atoms with Crippen LogP contribution >= 0.6 is 7.82 Å². The van der Waals surface area contributed by atoms with Crippen molar-refractivity contribution in [3.8, 4) is 0 Å². The summed E-state index contributed by atoms with van der Waals surface area (Å²) in [6.07, 6.45) is 57.5. The van der Waals surface area contributed by atoms with Gasteiger partial charge in [-0.15, -0.1) is 0 Å². The number of hydrogen-bond acceptors (Lipinski definition) is 6. The molecule has 0 aliphatic rings. The fourth-order valence-corrected chi connectivity index (χ4v) is 9.29. The second kappa shape index (κ2) is 47.3. The number of nitrogens with zero attached hydrogens (tertiary/aromatic N) is 1. The standard InChI is InChI=1S/C55H111N2O6P/c1-6-8-10-12-14-16-17-18-19-20-21-22-23-24-25-26-27-28-29-30-31-32-33-34-35-36-37-38-39-41-43-45-47-49-55(59)56-53(52-63-64(60,61)62-51-50-57(3,4)5)54(58)48-46-44-42-40-15-13-11-9-7-2/h46,48,53-54,58H,6-45,47,49-52H2,1-5H3,(H-,56,59,60,61)/b48-46+/t53-,54+/m0/s1. The lowest BCUT2D eigenvalue weighted by molar-refractivity contribution is -0.870. The molecule has 3 atom stereocenters. The van der Waals surface area contributed by atoms with Gasteiger partial charge in [-0.25, -0.2) is 0 Å². The number of rotatable bonds is 52. The van der Waals surface area contributed by atoms with E-state index in [-0.39, 0.29) is 19.1 Å². The lowest BCUT2D eigenvalue weighted by atomic mass is 10.0. The molecule has 0 heterocycles. The van der Waals surface area contributed by atoms with Gasteiger partial charge in [-0.1, -0.05) is 270 Å². The summed E-state index contributed by atoms with van der Waals surface area (Å²) >= 11 is 0. The molecule has 0 aromatic rings. The van der Waals surface area contributed by atoms with Gasteiger partial charge in [0.25, 0.3) is 7.82 Å². The van der Waals surface area contributed by atoms with Crippen LogP contribution < -0.4 is 10.2 Å². The molecule has 0 aliphatic heterocycles. The number of phosphoric acid groups is 1. The molecule has 0 rings (SSSR count). The van der Waals surface area contributed by atoms with Crippen molar-refractivity contribution in [2.45, 2.75) is 296 Å². The van der Waals surface area contributed by atoms with Gasteiger partial charge in [0.15, 0.2) is 0 Å². The number of phosphoric ester groups is 1. The zero-order valence-electron chi connectivity index (χ0n) is 43.5. The summed E-state index contributed by atoms with van der Waals surface area (Å²) in [5.74, 6) is -0.194. The number of nitrogens with one attached hydrogen (secondary N) is 1. The minimum atomic E-state index is -4.58. The van der Waals surface area contributed by atoms with Gasteiger partial charge in [-0.2, -0.15) is 0 Å². The molecule has 0 radical (unpaired) electrons. The molecule has 0 aromatic heterocycles. The number of carbonyl (C=O) groups excluding carboxylic acids is 1. The van der Waals surface area contributed by atoms with E-state index in [1.807, 2.05) is 27.2 Å². The van der Waals surface area contributed by atoms with Crippen LogP contribution in [0.15, 0.2) is 12.2 Å². The fraction of sp³-hybridized carbons (Fsp3) is 0.945. The third-order valence-corrected chi connectivity index (χ3v) is 14.0. The molecule has 1 unspecified atom stereocenters. The largest absolute Gasteiger partial charge is 0.756 e. The second-order valence-electron chi connectivity index (χ2n) is 20.7. The van der Waals surface area contributed by atoms with Crippen LogP contribution in [0.25, 0.3) is 0 Å². The quantitative estimate of drug-likeness (QED) is 0.0272. The Bertz CT molecular complexity index is 1050. The van der Waals surface area contributed by atoms with Crippen molar-refractivity contribution in [1.82, 2.24) is 5.32 Å². The molecule has 0 saturated heterocycles. The molecule has 2 N–H and O–H groups in total. The zero-order valence-corrected chi connectivity index (χ0v) is 44.4. The zero-order chi connectivity index (χ0) is 47.1. The highest BCUT2D eigenvalue weighted by molar-refractivity contribution is 7.45. The Balaban J connectivity index is 3.86. The van der Waals surface area contributed by atoms with Gasteiger partial charge in [0.2, 0.25) is 5.91 Å². The molecule has 1 amide bonds. The van der Waals surface area contributed by atoms with E-state index in [4.69, 9.17) is 9.05 Å². The number of quaternary nitrogens is 1. The van der Waals surface area contributed by atoms with E-state index in [0.717, 1.165) is 38.5 Å². The van der Waals surface area contributed by atoms with E-state index in [1.165, 1.54) is 225 Å². The van der Waals surface area contributed by atoms with Crippen molar-refractivity contribution in [3.05, 3.63) is 12.2 Å². The van der Waals surface area contributed by atoms with Crippen LogP contribution in [0.5, 0.6) is 0 Å². The van der Waals surface area contributed by atoms with E-state index in [0.29, 0.717) is 17.4 Å². The first-order valence-corrected chi connectivity index (χ1v) is 29.5. The molecule has 0 fully saturated rings. The summed E-state index contributed by atoms with van der Waals surface area (Å²) in [4.78, 5) is 25.3. The number of amides is 1. The second-order valence-corrected chi connectivity index (χ2v) is 22.1. The Hall–Kier alpha value is -0.760. The highest BCUT2D eigenvalue weighted by Crippen LogP contribution is 2.38. The molecule has 64 heavy (non-hydrogen) atoms. The molecule has 382 valence electrons. The van der Waals surface area contributed by atoms with Crippen LogP contribution in [0.4, 0.5) is 0 Å². The summed E-state index contributed by atoms with van der Waals surface area (Å²) in [6, 6.07) is -0.879. The van der Waals surface area contributed by atoms with E-state index >= 15 is 0 Å². The molecule has 0 aromatic carbocycles. The Morgan fingerprint density at radius 2 is 0.844 bits per heavy atom. The van der Waals surface area contributed by atoms with E-state index in [1.54, 1.807) is 6.08 Å². The van der Waals surface area contributed by atoms with Crippen LogP contribution in [0.2, 0.25) is 0 Å². The summed E-state index contributed by atoms with van der Waals surface area (Å²) in [7, 11) is 1.27. The van der Waals surface area contributed by atoms with E-state index in [9.17, 15) is 19.4 Å². The number of likely N-dealkylation sites (N-methyl/N-ethyl adjacent to an activating group) is 1. The summed E-state index contributed by atoms with van der Waals surface area (Å²) in [5.41, 5.74) is 0. The van der Waals surface area contributed by atoms with Gasteiger partial charge in [0.05, 0.1) is 39.9 Å². The number of hydrogen-bond donors (Lipinski definition) is 2. The fourth-order valence-electron chi connectivity index (χ4n) is 8.57. The van der Waals surface area contributed by atoms with Crippen molar-refractivity contribution < 1.29 is 32.9 Å². The number of unbranched alkanes of at least 4 members (excludes halogenated alkanes) is 39. The molecule has 9 heteroatoms. The smallest absolute Gasteiger partial charge is 0.268 e. The summed E-state index contributed by atoms with van der Waals surface area (Å²) < 4.78 is 23.2. The van der Waals surface area contributed by atoms with Crippen LogP contribution in [0, 0.1) is 0 Å². The van der Waals surface area contributed by atoms with Gasteiger partial charge in [0.1, 0.15) is 13.2 Å². The van der Waals surface area contributed by atoms with E-state index < -0.39 is 20.0 Å². The first-order chi connectivity index (χ1) is 31.0. The minimum absolute atomic E-state index is 0.00192. The van der Waals surface area contributed by atoms with E-state index in [2.05, 4.69) is 19.2 Å². The molecule has 0 bridgehead atoms. The van der Waals surface area contributed by atoms with Gasteiger partial charge in [0, 0.05) is 6.42 Å². The van der Waals surface area contributed by atoms with Crippen molar-refractivity contribution in [2.24, 2.45) is 0 Å². The van der Waals surface area contributed by atoms with Crippen LogP contribution in [-0.2, 0) is 18.4 Å². The maximum absolute atomic E-state index is 12.9. The molecule has 0 aliphatic carbocycles. The minimum Gasteiger partial charge on any atom is -0.756 e. The Kier molecular flexibility index (Phi) is 46.8. The van der Waals surface area contributed by atoms with Gasteiger partial charge < -0.3 is 28.8 Å². The number of carbonyl (C=O) groups is 1. The first kappa shape index (κ1) is 63.2. The normalized spacial score (nSPS) is 14.0. The Morgan fingerprint density at radius 3 is 1.17 bits per heavy atom. The first-order valence-electron chi connectivity index (χ1n) is 28.1. The van der Waals surface area contributed by atoms with Crippen LogP contribution in [0.3, 0.4) is 0 Å². The number of allylic oxidation sites excluding steroid dienone is 1. The maximum atomic E-state index is 12.9. The van der Waals surface area contributed by atoms with Gasteiger partial charge in [-0.3, -0.25) is 9.36 Å². The molecular weight excluding hydrogens is 816 g/mol. The molecule has 8 nitrogen and oxygen atoms in total. The highest BCUT2D eigenvalue weighted by atomic mass is 31.2. The summed E-state index contributed by atoms with van der Waals surface area (Å²) in [6.45, 7) is 4.65. The third kappa shape index (κ3) is 49.2. The molecular formula is C55H111N2O6P. The predicted molar refractivity (Wildman–Crippen MR) is 275 cm³/mol. The van der Waals surface area contributed by atoms with Crippen LogP contribution in [-0.4, -0.2) is 68.5 Å². The van der Waals surface area contributed by atoms with Crippen molar-refractivity contribution in [1.29, 1.82) is 0 Å². The predicted octanol–water partition coefficient (Wildman–Crippen LogP) is 16.0. The lowest BCUT2D eigenvalue weighted by Gasteiger charge is -2.29. The van der Waals surface area contributed by atoms with Gasteiger partial charge in [-0.05, 0) is 19.3 Å². The Morgan fingerprint density at radius 1 is 0.531 bits per heavy atom. The number of aliphatic hydroxyl groups excluding tert-OH is 1. The highest BCUT2D eigenvalue weighted by Gasteiger charge is 2.23. The maximum Gasteiger partial charge on any atom is 0.268 e. The summed E-state index contributed by atoms with van der Waals surface area (Å²) in [5, 5.41) is 13.8. The lowest BCUT2D eigenvalue weighted by Crippen LogP contribution is -2.45. The SMILES string of the molecule is CCCCCCCCC/C=C/[C@@H](O)[C@H](COP(=O)([O-])OCC[N+](C)(C)C)NC(=O)CCCCCCCCCCCCCCCCCCCCCCCCCCCCCCCCCCC. The van der Waals surface area contributed by atoms with Crippen molar-refractivity contribution in [2.75, 3.05) is 40.9 Å².